The van der Waals surface area contributed by atoms with Gasteiger partial charge in [-0.15, -0.1) is 11.3 Å². The molecule has 0 nitrogen and oxygen atoms in total. The number of benzene rings is 6. The molecule has 0 aliphatic heterocycles. The quantitative estimate of drug-likeness (QED) is 0.120. The zero-order valence-electron chi connectivity index (χ0n) is 23.1. The predicted molar refractivity (Wildman–Crippen MR) is 184 cm³/mol. The molecule has 4 radical (unpaired) electrons. The minimum atomic E-state index is 0.753. The highest BCUT2D eigenvalue weighted by atomic mass is 32.1. The molecule has 3 heteroatoms. The zero-order valence-corrected chi connectivity index (χ0v) is 23.9. The first kappa shape index (κ1) is 25.6. The van der Waals surface area contributed by atoms with Gasteiger partial charge >= 0.3 is 0 Å². The van der Waals surface area contributed by atoms with Crippen molar-refractivity contribution in [1.82, 2.24) is 0 Å². The van der Waals surface area contributed by atoms with E-state index in [0.717, 1.165) is 43.6 Å². The minimum absolute atomic E-state index is 0.753. The Hall–Kier alpha value is -4.33. The number of hydrogen-bond donors (Lipinski definition) is 0. The number of rotatable bonds is 4. The van der Waals surface area contributed by atoms with Crippen LogP contribution in [0.5, 0.6) is 0 Å². The van der Waals surface area contributed by atoms with E-state index in [1.54, 1.807) is 0 Å². The second kappa shape index (κ2) is 10.3. The van der Waals surface area contributed by atoms with Crippen LogP contribution < -0.4 is 10.9 Å². The van der Waals surface area contributed by atoms with Crippen molar-refractivity contribution >= 4 is 85.2 Å². The Morgan fingerprint density at radius 2 is 1.27 bits per heavy atom. The number of hydrogen-bond acceptors (Lipinski definition) is 1. The molecule has 7 rings (SSSR count). The van der Waals surface area contributed by atoms with Crippen molar-refractivity contribution in [3.63, 3.8) is 0 Å². The van der Waals surface area contributed by atoms with Gasteiger partial charge in [-0.2, -0.15) is 0 Å². The van der Waals surface area contributed by atoms with Gasteiger partial charge < -0.3 is 0 Å². The SMILES string of the molecule is [B]c1cccc2c(-c3cccc4c3sc3cccc(/C(C)=C/C=C\C)c34)c3cccc([B])c3c(-c3ccccc3)c12. The minimum Gasteiger partial charge on any atom is -0.135 e. The summed E-state index contributed by atoms with van der Waals surface area (Å²) in [4.78, 5) is 0. The van der Waals surface area contributed by atoms with Gasteiger partial charge in [0.25, 0.3) is 0 Å². The van der Waals surface area contributed by atoms with Crippen LogP contribution in [0.1, 0.15) is 19.4 Å². The summed E-state index contributed by atoms with van der Waals surface area (Å²) in [5.41, 5.74) is 8.61. The number of allylic oxidation sites excluding steroid dienone is 4. The summed E-state index contributed by atoms with van der Waals surface area (Å²) >= 11 is 1.86. The summed E-state index contributed by atoms with van der Waals surface area (Å²) in [5.74, 6) is 0. The Morgan fingerprint density at radius 3 is 1.95 bits per heavy atom. The highest BCUT2D eigenvalue weighted by Crippen LogP contribution is 2.47. The molecule has 0 N–H and O–H groups in total. The topological polar surface area (TPSA) is 0 Å². The summed E-state index contributed by atoms with van der Waals surface area (Å²) in [6.07, 6.45) is 6.37. The van der Waals surface area contributed by atoms with Crippen molar-refractivity contribution in [3.8, 4) is 22.3 Å². The van der Waals surface area contributed by atoms with Gasteiger partial charge in [-0.25, -0.2) is 0 Å². The molecular weight excluding hydrogens is 510 g/mol. The van der Waals surface area contributed by atoms with Crippen molar-refractivity contribution in [2.45, 2.75) is 13.8 Å². The van der Waals surface area contributed by atoms with Crippen LogP contribution in [0, 0.1) is 0 Å². The summed E-state index contributed by atoms with van der Waals surface area (Å²) in [5, 5.41) is 6.94. The fourth-order valence-electron chi connectivity index (χ4n) is 6.27. The molecule has 0 saturated carbocycles. The summed E-state index contributed by atoms with van der Waals surface area (Å²) < 4.78 is 2.56. The Balaban J connectivity index is 1.66. The lowest BCUT2D eigenvalue weighted by Gasteiger charge is -2.21. The molecule has 1 aromatic heterocycles. The maximum absolute atomic E-state index is 6.80. The Morgan fingerprint density at radius 1 is 0.634 bits per heavy atom. The molecule has 0 atom stereocenters. The van der Waals surface area contributed by atoms with E-state index >= 15 is 0 Å². The molecule has 0 fully saturated rings. The summed E-state index contributed by atoms with van der Waals surface area (Å²) in [6, 6.07) is 36.3. The van der Waals surface area contributed by atoms with Crippen LogP contribution in [0.15, 0.2) is 121 Å². The smallest absolute Gasteiger partial charge is 0.114 e. The van der Waals surface area contributed by atoms with Crippen molar-refractivity contribution in [2.75, 3.05) is 0 Å². The Labute approximate surface area is 247 Å². The van der Waals surface area contributed by atoms with Crippen LogP contribution in [0.4, 0.5) is 0 Å². The fourth-order valence-corrected chi connectivity index (χ4v) is 7.52. The lowest BCUT2D eigenvalue weighted by molar-refractivity contribution is 1.63. The van der Waals surface area contributed by atoms with E-state index < -0.39 is 0 Å². The second-order valence-electron chi connectivity index (χ2n) is 10.5. The van der Waals surface area contributed by atoms with Crippen molar-refractivity contribution in [1.29, 1.82) is 0 Å². The lowest BCUT2D eigenvalue weighted by atomic mass is 9.76. The monoisotopic (exact) mass is 536 g/mol. The van der Waals surface area contributed by atoms with Crippen molar-refractivity contribution < 1.29 is 0 Å². The van der Waals surface area contributed by atoms with Crippen LogP contribution in [0.3, 0.4) is 0 Å². The van der Waals surface area contributed by atoms with Crippen LogP contribution >= 0.6 is 11.3 Å². The second-order valence-corrected chi connectivity index (χ2v) is 11.5. The molecule has 7 aromatic rings. The Bertz CT molecular complexity index is 2120. The molecule has 41 heavy (non-hydrogen) atoms. The first-order valence-electron chi connectivity index (χ1n) is 13.9. The first-order valence-corrected chi connectivity index (χ1v) is 14.7. The van der Waals surface area contributed by atoms with Crippen LogP contribution in [-0.2, 0) is 0 Å². The van der Waals surface area contributed by atoms with Crippen LogP contribution in [0.25, 0.3) is 69.5 Å². The van der Waals surface area contributed by atoms with Gasteiger partial charge in [0.2, 0.25) is 0 Å². The maximum atomic E-state index is 6.80. The molecular formula is C38H26B2S. The van der Waals surface area contributed by atoms with Gasteiger partial charge in [0.1, 0.15) is 15.7 Å². The van der Waals surface area contributed by atoms with E-state index in [4.69, 9.17) is 15.7 Å². The average Bonchev–Trinajstić information content (AvgIpc) is 3.39. The van der Waals surface area contributed by atoms with Crippen molar-refractivity contribution in [2.24, 2.45) is 0 Å². The van der Waals surface area contributed by atoms with Crippen LogP contribution in [-0.4, -0.2) is 15.7 Å². The molecule has 0 bridgehead atoms. The van der Waals surface area contributed by atoms with Gasteiger partial charge in [0.05, 0.1) is 0 Å². The molecule has 0 amide bonds. The average molecular weight is 536 g/mol. The highest BCUT2D eigenvalue weighted by Gasteiger charge is 2.21. The molecule has 0 saturated heterocycles. The standard InChI is InChI=1S/C38H26B2S/c1-3-4-12-23(2)25-15-11-22-32-35(25)29-19-8-18-28(38(29)41-32)34-26-16-9-20-30(39)36(26)33(24-13-6-5-7-14-24)37-27(34)17-10-21-31(37)40/h3-22H,1-2H3/b4-3-,23-12+. The molecule has 190 valence electrons. The largest absolute Gasteiger partial charge is 0.135 e. The van der Waals surface area contributed by atoms with E-state index in [-0.39, 0.29) is 0 Å². The lowest BCUT2D eigenvalue weighted by Crippen LogP contribution is -2.10. The molecule has 1 heterocycles. The van der Waals surface area contributed by atoms with E-state index in [0.29, 0.717) is 0 Å². The van der Waals surface area contributed by atoms with E-state index in [2.05, 4.69) is 110 Å². The highest BCUT2D eigenvalue weighted by molar-refractivity contribution is 7.26. The molecule has 6 aromatic carbocycles. The van der Waals surface area contributed by atoms with E-state index in [9.17, 15) is 0 Å². The van der Waals surface area contributed by atoms with Gasteiger partial charge in [-0.1, -0.05) is 126 Å². The zero-order chi connectivity index (χ0) is 28.1. The molecule has 0 aliphatic carbocycles. The molecule has 0 unspecified atom stereocenters. The van der Waals surface area contributed by atoms with Gasteiger partial charge in [0.15, 0.2) is 0 Å². The summed E-state index contributed by atoms with van der Waals surface area (Å²) in [7, 11) is 13.6. The van der Waals surface area contributed by atoms with E-state index in [1.165, 1.54) is 42.4 Å². The summed E-state index contributed by atoms with van der Waals surface area (Å²) in [6.45, 7) is 4.24. The van der Waals surface area contributed by atoms with Gasteiger partial charge in [0, 0.05) is 25.7 Å². The van der Waals surface area contributed by atoms with Crippen molar-refractivity contribution in [3.05, 3.63) is 127 Å². The third-order valence-corrected chi connectivity index (χ3v) is 9.25. The fraction of sp³-hybridized carbons (Fsp3) is 0.0526. The Kier molecular flexibility index (Phi) is 6.41. The van der Waals surface area contributed by atoms with Gasteiger partial charge in [-0.05, 0) is 69.3 Å². The van der Waals surface area contributed by atoms with Gasteiger partial charge in [-0.3, -0.25) is 0 Å². The van der Waals surface area contributed by atoms with E-state index in [1.807, 2.05) is 36.5 Å². The normalized spacial score (nSPS) is 12.4. The molecule has 0 aliphatic rings. The first-order chi connectivity index (χ1) is 20.1. The maximum Gasteiger partial charge on any atom is 0.114 e. The number of fused-ring (bicyclic) bond motifs is 5. The third kappa shape index (κ3) is 4.07. The molecule has 0 spiro atoms. The van der Waals surface area contributed by atoms with Crippen LogP contribution in [0.2, 0.25) is 0 Å². The number of thiophene rings is 1. The third-order valence-electron chi connectivity index (χ3n) is 8.05. The predicted octanol–water partition coefficient (Wildman–Crippen LogP) is 9.26.